The number of carboxylic acid groups (broad SMARTS) is 1. The second-order valence-corrected chi connectivity index (χ2v) is 3.78. The molecule has 0 spiro atoms. The topological polar surface area (TPSA) is 50.2 Å². The van der Waals surface area contributed by atoms with Gasteiger partial charge in [0.15, 0.2) is 0 Å². The van der Waals surface area contributed by atoms with Crippen molar-refractivity contribution in [3.63, 3.8) is 0 Å². The fraction of sp³-hybridized carbons (Fsp3) is 0. The summed E-state index contributed by atoms with van der Waals surface area (Å²) in [5.41, 5.74) is 0. The highest BCUT2D eigenvalue weighted by Gasteiger charge is 2.15. The lowest BCUT2D eigenvalue weighted by Crippen LogP contribution is -1.91. The van der Waals surface area contributed by atoms with Gasteiger partial charge < -0.3 is 5.11 Å². The summed E-state index contributed by atoms with van der Waals surface area (Å²) in [7, 11) is 0. The number of nitrogens with zero attached hydrogens (tertiary/aromatic N) is 1. The maximum absolute atomic E-state index is 10.7. The Morgan fingerprint density at radius 1 is 1.62 bits per heavy atom. The van der Waals surface area contributed by atoms with E-state index in [2.05, 4.69) is 4.98 Å². The van der Waals surface area contributed by atoms with Crippen molar-refractivity contribution in [1.29, 1.82) is 0 Å². The standard InChI is InChI=1S/C8H4ClNO2S/c9-5-4-2-1-3-10-7(4)13-6(5)8(11)12/h1-3H,(H,11,12). The highest BCUT2D eigenvalue weighted by Crippen LogP contribution is 2.33. The molecule has 13 heavy (non-hydrogen) atoms. The predicted octanol–water partition coefficient (Wildman–Crippen LogP) is 2.65. The van der Waals surface area contributed by atoms with Crippen LogP contribution in [0.3, 0.4) is 0 Å². The first-order chi connectivity index (χ1) is 6.20. The second kappa shape index (κ2) is 2.97. The molecule has 0 amide bonds. The third-order valence-electron chi connectivity index (χ3n) is 1.60. The van der Waals surface area contributed by atoms with Gasteiger partial charge in [0.05, 0.1) is 5.02 Å². The summed E-state index contributed by atoms with van der Waals surface area (Å²) in [5, 5.41) is 9.74. The molecule has 0 aliphatic heterocycles. The number of aromatic nitrogens is 1. The molecule has 0 radical (unpaired) electrons. The first-order valence-corrected chi connectivity index (χ1v) is 4.66. The van der Waals surface area contributed by atoms with Gasteiger partial charge in [-0.3, -0.25) is 0 Å². The first kappa shape index (κ1) is 8.47. The van der Waals surface area contributed by atoms with Crippen molar-refractivity contribution in [1.82, 2.24) is 4.98 Å². The smallest absolute Gasteiger partial charge is 0.347 e. The van der Waals surface area contributed by atoms with Crippen molar-refractivity contribution < 1.29 is 9.90 Å². The molecular formula is C8H4ClNO2S. The number of hydrogen-bond acceptors (Lipinski definition) is 3. The van der Waals surface area contributed by atoms with E-state index in [0.717, 1.165) is 11.3 Å². The lowest BCUT2D eigenvalue weighted by molar-refractivity contribution is 0.0702. The monoisotopic (exact) mass is 213 g/mol. The summed E-state index contributed by atoms with van der Waals surface area (Å²) in [5.74, 6) is -1.01. The Labute approximate surface area is 82.6 Å². The summed E-state index contributed by atoms with van der Waals surface area (Å²) in [6, 6.07) is 3.49. The van der Waals surface area contributed by atoms with Crippen LogP contribution in [-0.4, -0.2) is 16.1 Å². The molecule has 0 aromatic carbocycles. The Bertz CT molecular complexity index is 480. The molecule has 0 aliphatic carbocycles. The molecule has 2 aromatic heterocycles. The summed E-state index contributed by atoms with van der Waals surface area (Å²) in [4.78, 5) is 15.5. The average Bonchev–Trinajstić information content (AvgIpc) is 2.45. The molecule has 0 fully saturated rings. The molecule has 0 unspecified atom stereocenters. The molecule has 2 heterocycles. The van der Waals surface area contributed by atoms with E-state index in [1.54, 1.807) is 18.3 Å². The molecule has 2 rings (SSSR count). The minimum atomic E-state index is -1.01. The molecule has 3 nitrogen and oxygen atoms in total. The highest BCUT2D eigenvalue weighted by atomic mass is 35.5. The maximum atomic E-state index is 10.7. The Balaban J connectivity index is 2.81. The van der Waals surface area contributed by atoms with Gasteiger partial charge in [-0.1, -0.05) is 11.6 Å². The molecule has 0 saturated heterocycles. The number of fused-ring (bicyclic) bond motifs is 1. The highest BCUT2D eigenvalue weighted by molar-refractivity contribution is 7.21. The van der Waals surface area contributed by atoms with Crippen LogP contribution in [0.1, 0.15) is 9.67 Å². The Morgan fingerprint density at radius 2 is 2.38 bits per heavy atom. The van der Waals surface area contributed by atoms with E-state index < -0.39 is 5.97 Å². The van der Waals surface area contributed by atoms with Gasteiger partial charge in [0.2, 0.25) is 0 Å². The van der Waals surface area contributed by atoms with Crippen LogP contribution in [0.25, 0.3) is 10.2 Å². The average molecular weight is 214 g/mol. The first-order valence-electron chi connectivity index (χ1n) is 3.46. The number of aromatic carboxylic acids is 1. The van der Waals surface area contributed by atoms with Gasteiger partial charge in [0, 0.05) is 11.6 Å². The van der Waals surface area contributed by atoms with Crippen molar-refractivity contribution in [3.05, 3.63) is 28.2 Å². The fourth-order valence-electron chi connectivity index (χ4n) is 1.04. The van der Waals surface area contributed by atoms with Crippen LogP contribution in [0.4, 0.5) is 0 Å². The van der Waals surface area contributed by atoms with Crippen molar-refractivity contribution in [2.24, 2.45) is 0 Å². The van der Waals surface area contributed by atoms with E-state index in [4.69, 9.17) is 16.7 Å². The van der Waals surface area contributed by atoms with E-state index in [0.29, 0.717) is 10.2 Å². The third-order valence-corrected chi connectivity index (χ3v) is 3.21. The van der Waals surface area contributed by atoms with Crippen molar-refractivity contribution >= 4 is 39.1 Å². The lowest BCUT2D eigenvalue weighted by Gasteiger charge is -1.87. The number of thiophene rings is 1. The number of carboxylic acids is 1. The second-order valence-electron chi connectivity index (χ2n) is 2.41. The zero-order valence-corrected chi connectivity index (χ0v) is 7.89. The molecule has 0 bridgehead atoms. The zero-order chi connectivity index (χ0) is 9.42. The van der Waals surface area contributed by atoms with Crippen LogP contribution in [0.15, 0.2) is 18.3 Å². The Hall–Kier alpha value is -1.13. The normalized spacial score (nSPS) is 10.5. The molecule has 1 N–H and O–H groups in total. The quantitative estimate of drug-likeness (QED) is 0.792. The molecule has 5 heteroatoms. The van der Waals surface area contributed by atoms with Crippen molar-refractivity contribution in [3.8, 4) is 0 Å². The minimum absolute atomic E-state index is 0.148. The van der Waals surface area contributed by atoms with E-state index >= 15 is 0 Å². The van der Waals surface area contributed by atoms with Gasteiger partial charge in [-0.05, 0) is 12.1 Å². The van der Waals surface area contributed by atoms with Gasteiger partial charge in [-0.15, -0.1) is 11.3 Å². The van der Waals surface area contributed by atoms with Gasteiger partial charge in [-0.25, -0.2) is 9.78 Å². The molecule has 0 aliphatic rings. The van der Waals surface area contributed by atoms with Crippen LogP contribution >= 0.6 is 22.9 Å². The number of halogens is 1. The number of carbonyl (C=O) groups is 1. The van der Waals surface area contributed by atoms with Gasteiger partial charge in [-0.2, -0.15) is 0 Å². The van der Waals surface area contributed by atoms with Crippen LogP contribution in [0.5, 0.6) is 0 Å². The fourth-order valence-corrected chi connectivity index (χ4v) is 2.32. The van der Waals surface area contributed by atoms with Crippen LogP contribution in [0, 0.1) is 0 Å². The molecular weight excluding hydrogens is 210 g/mol. The SMILES string of the molecule is O=C(O)c1sc2ncccc2c1Cl. The largest absolute Gasteiger partial charge is 0.477 e. The van der Waals surface area contributed by atoms with Crippen molar-refractivity contribution in [2.45, 2.75) is 0 Å². The number of hydrogen-bond donors (Lipinski definition) is 1. The number of rotatable bonds is 1. The van der Waals surface area contributed by atoms with E-state index in [1.807, 2.05) is 0 Å². The molecule has 0 atom stereocenters. The summed E-state index contributed by atoms with van der Waals surface area (Å²) in [6.45, 7) is 0. The molecule has 2 aromatic rings. The Kier molecular flexibility index (Phi) is 1.94. The lowest BCUT2D eigenvalue weighted by atomic mass is 10.3. The number of pyridine rings is 1. The molecule has 0 saturated carbocycles. The van der Waals surface area contributed by atoms with E-state index in [-0.39, 0.29) is 9.90 Å². The van der Waals surface area contributed by atoms with Crippen molar-refractivity contribution in [2.75, 3.05) is 0 Å². The summed E-state index contributed by atoms with van der Waals surface area (Å²) in [6.07, 6.45) is 1.61. The van der Waals surface area contributed by atoms with Gasteiger partial charge in [0.25, 0.3) is 0 Å². The van der Waals surface area contributed by atoms with Crippen LogP contribution < -0.4 is 0 Å². The third kappa shape index (κ3) is 1.28. The van der Waals surface area contributed by atoms with Crippen LogP contribution in [0.2, 0.25) is 5.02 Å². The Morgan fingerprint density at radius 3 is 3.00 bits per heavy atom. The van der Waals surface area contributed by atoms with Gasteiger partial charge >= 0.3 is 5.97 Å². The summed E-state index contributed by atoms with van der Waals surface area (Å²) >= 11 is 6.93. The van der Waals surface area contributed by atoms with E-state index in [1.165, 1.54) is 0 Å². The summed E-state index contributed by atoms with van der Waals surface area (Å²) < 4.78 is 0. The van der Waals surface area contributed by atoms with E-state index in [9.17, 15) is 4.79 Å². The minimum Gasteiger partial charge on any atom is -0.477 e. The molecule has 66 valence electrons. The van der Waals surface area contributed by atoms with Crippen LogP contribution in [-0.2, 0) is 0 Å². The predicted molar refractivity (Wildman–Crippen MR) is 51.6 cm³/mol. The maximum Gasteiger partial charge on any atom is 0.347 e. The van der Waals surface area contributed by atoms with Gasteiger partial charge in [0.1, 0.15) is 9.71 Å². The zero-order valence-electron chi connectivity index (χ0n) is 6.32.